The molecule has 0 aliphatic carbocycles. The van der Waals surface area contributed by atoms with Crippen molar-refractivity contribution in [3.63, 3.8) is 0 Å². The van der Waals surface area contributed by atoms with E-state index in [1.807, 2.05) is 13.2 Å². The first-order chi connectivity index (χ1) is 11.8. The van der Waals surface area contributed by atoms with Crippen LogP contribution >= 0.6 is 0 Å². The Morgan fingerprint density at radius 1 is 1.04 bits per heavy atom. The SMILES string of the molecule is Cn1c(-c2cn[nH]n2)cnc1N1CCN(Cc2ccccc2)CC1. The average molecular weight is 323 g/mol. The highest BCUT2D eigenvalue weighted by atomic mass is 15.4. The van der Waals surface area contributed by atoms with E-state index >= 15 is 0 Å². The fourth-order valence-corrected chi connectivity index (χ4v) is 3.20. The van der Waals surface area contributed by atoms with E-state index in [0.717, 1.165) is 50.1 Å². The van der Waals surface area contributed by atoms with E-state index in [9.17, 15) is 0 Å². The van der Waals surface area contributed by atoms with Gasteiger partial charge in [-0.15, -0.1) is 0 Å². The Morgan fingerprint density at radius 3 is 2.54 bits per heavy atom. The smallest absolute Gasteiger partial charge is 0.205 e. The number of imidazole rings is 1. The largest absolute Gasteiger partial charge is 0.340 e. The van der Waals surface area contributed by atoms with E-state index in [1.165, 1.54) is 5.56 Å². The van der Waals surface area contributed by atoms with Gasteiger partial charge in [0.15, 0.2) is 0 Å². The van der Waals surface area contributed by atoms with Gasteiger partial charge in [-0.1, -0.05) is 30.3 Å². The minimum Gasteiger partial charge on any atom is -0.340 e. The molecule has 7 heteroatoms. The van der Waals surface area contributed by atoms with Crippen molar-refractivity contribution in [2.24, 2.45) is 7.05 Å². The van der Waals surface area contributed by atoms with Crippen LogP contribution in [0.1, 0.15) is 5.56 Å². The highest BCUT2D eigenvalue weighted by Gasteiger charge is 2.21. The molecule has 0 unspecified atom stereocenters. The van der Waals surface area contributed by atoms with Gasteiger partial charge in [-0.25, -0.2) is 4.98 Å². The lowest BCUT2D eigenvalue weighted by Crippen LogP contribution is -2.46. The van der Waals surface area contributed by atoms with E-state index in [-0.39, 0.29) is 0 Å². The van der Waals surface area contributed by atoms with Gasteiger partial charge in [0, 0.05) is 39.8 Å². The number of benzene rings is 1. The van der Waals surface area contributed by atoms with Crippen molar-refractivity contribution in [1.29, 1.82) is 0 Å². The van der Waals surface area contributed by atoms with Crippen molar-refractivity contribution in [3.05, 3.63) is 48.3 Å². The molecular formula is C17H21N7. The van der Waals surface area contributed by atoms with Crippen LogP contribution in [0.5, 0.6) is 0 Å². The van der Waals surface area contributed by atoms with Gasteiger partial charge in [0.2, 0.25) is 5.95 Å². The van der Waals surface area contributed by atoms with Gasteiger partial charge in [0.25, 0.3) is 0 Å². The number of H-pyrrole nitrogens is 1. The first-order valence-corrected chi connectivity index (χ1v) is 8.20. The molecule has 0 amide bonds. The molecule has 0 saturated carbocycles. The van der Waals surface area contributed by atoms with E-state index in [2.05, 4.69) is 65.1 Å². The molecule has 1 aliphatic rings. The van der Waals surface area contributed by atoms with Crippen LogP contribution in [0.3, 0.4) is 0 Å². The molecule has 7 nitrogen and oxygen atoms in total. The fraction of sp³-hybridized carbons (Fsp3) is 0.353. The standard InChI is InChI=1S/C17H21N7/c1-22-16(15-11-19-21-20-15)12-18-17(22)24-9-7-23(8-10-24)13-14-5-3-2-4-6-14/h2-6,11-12H,7-10,13H2,1H3,(H,19,20,21). The summed E-state index contributed by atoms with van der Waals surface area (Å²) < 4.78 is 2.09. The number of nitrogens with one attached hydrogen (secondary N) is 1. The Kier molecular flexibility index (Phi) is 4.00. The van der Waals surface area contributed by atoms with Gasteiger partial charge < -0.3 is 9.47 Å². The summed E-state index contributed by atoms with van der Waals surface area (Å²) in [5.74, 6) is 0.993. The lowest BCUT2D eigenvalue weighted by molar-refractivity contribution is 0.248. The van der Waals surface area contributed by atoms with Crippen LogP contribution in [-0.2, 0) is 13.6 Å². The first-order valence-electron chi connectivity index (χ1n) is 8.20. The van der Waals surface area contributed by atoms with Crippen LogP contribution in [0, 0.1) is 0 Å². The summed E-state index contributed by atoms with van der Waals surface area (Å²) in [6.45, 7) is 5.06. The van der Waals surface area contributed by atoms with Crippen LogP contribution in [0.4, 0.5) is 5.95 Å². The lowest BCUT2D eigenvalue weighted by atomic mass is 10.2. The summed E-state index contributed by atoms with van der Waals surface area (Å²) in [6, 6.07) is 10.6. The molecule has 1 aliphatic heterocycles. The highest BCUT2D eigenvalue weighted by molar-refractivity contribution is 5.56. The maximum atomic E-state index is 4.59. The summed E-state index contributed by atoms with van der Waals surface area (Å²) in [7, 11) is 2.03. The number of nitrogens with zero attached hydrogens (tertiary/aromatic N) is 6. The highest BCUT2D eigenvalue weighted by Crippen LogP contribution is 2.22. The maximum Gasteiger partial charge on any atom is 0.205 e. The number of anilines is 1. The molecule has 0 atom stereocenters. The monoisotopic (exact) mass is 323 g/mol. The predicted octanol–water partition coefficient (Wildman–Crippen LogP) is 1.53. The molecule has 1 fully saturated rings. The van der Waals surface area contributed by atoms with Crippen molar-refractivity contribution in [2.75, 3.05) is 31.1 Å². The minimum absolute atomic E-state index is 0.818. The van der Waals surface area contributed by atoms with E-state index in [0.29, 0.717) is 0 Å². The molecule has 0 bridgehead atoms. The Morgan fingerprint density at radius 2 is 1.83 bits per heavy atom. The van der Waals surface area contributed by atoms with E-state index in [4.69, 9.17) is 0 Å². The van der Waals surface area contributed by atoms with Gasteiger partial charge in [-0.3, -0.25) is 4.90 Å². The summed E-state index contributed by atoms with van der Waals surface area (Å²) in [5, 5.41) is 10.7. The Hall–Kier alpha value is -2.67. The molecule has 3 aromatic rings. The number of piperazine rings is 1. The summed E-state index contributed by atoms with van der Waals surface area (Å²) in [4.78, 5) is 9.42. The molecule has 1 N–H and O–H groups in total. The quantitative estimate of drug-likeness (QED) is 0.789. The van der Waals surface area contributed by atoms with Crippen molar-refractivity contribution >= 4 is 5.95 Å². The molecule has 4 rings (SSSR count). The molecule has 2 aromatic heterocycles. The zero-order valence-electron chi connectivity index (χ0n) is 13.8. The Labute approximate surface area is 140 Å². The van der Waals surface area contributed by atoms with Gasteiger partial charge in [0.05, 0.1) is 18.1 Å². The van der Waals surface area contributed by atoms with Crippen molar-refractivity contribution in [3.8, 4) is 11.4 Å². The van der Waals surface area contributed by atoms with E-state index in [1.54, 1.807) is 6.20 Å². The summed E-state index contributed by atoms with van der Waals surface area (Å²) in [5.41, 5.74) is 3.17. The molecule has 0 radical (unpaired) electrons. The van der Waals surface area contributed by atoms with Crippen LogP contribution in [-0.4, -0.2) is 56.0 Å². The average Bonchev–Trinajstić information content (AvgIpc) is 3.26. The molecule has 1 saturated heterocycles. The normalized spacial score (nSPS) is 15.8. The number of aromatic amines is 1. The molecule has 1 aromatic carbocycles. The number of hydrogen-bond acceptors (Lipinski definition) is 5. The zero-order valence-corrected chi connectivity index (χ0v) is 13.8. The summed E-state index contributed by atoms with van der Waals surface area (Å²) in [6.07, 6.45) is 3.59. The van der Waals surface area contributed by atoms with Crippen LogP contribution in [0.2, 0.25) is 0 Å². The van der Waals surface area contributed by atoms with Crippen LogP contribution in [0.25, 0.3) is 11.4 Å². The minimum atomic E-state index is 0.818. The number of rotatable bonds is 4. The third-order valence-electron chi connectivity index (χ3n) is 4.55. The van der Waals surface area contributed by atoms with Gasteiger partial charge in [-0.2, -0.15) is 15.4 Å². The van der Waals surface area contributed by atoms with Gasteiger partial charge in [0.1, 0.15) is 5.69 Å². The second-order valence-corrected chi connectivity index (χ2v) is 6.11. The topological polar surface area (TPSA) is 65.9 Å². The first kappa shape index (κ1) is 14.9. The molecule has 124 valence electrons. The third kappa shape index (κ3) is 2.90. The zero-order chi connectivity index (χ0) is 16.4. The third-order valence-corrected chi connectivity index (χ3v) is 4.55. The molecular weight excluding hydrogens is 302 g/mol. The van der Waals surface area contributed by atoms with Crippen molar-refractivity contribution < 1.29 is 0 Å². The second-order valence-electron chi connectivity index (χ2n) is 6.11. The molecule has 0 spiro atoms. The van der Waals surface area contributed by atoms with Crippen molar-refractivity contribution in [2.45, 2.75) is 6.54 Å². The van der Waals surface area contributed by atoms with E-state index < -0.39 is 0 Å². The lowest BCUT2D eigenvalue weighted by Gasteiger charge is -2.35. The van der Waals surface area contributed by atoms with Crippen LogP contribution < -0.4 is 4.90 Å². The molecule has 3 heterocycles. The predicted molar refractivity (Wildman–Crippen MR) is 92.5 cm³/mol. The fourth-order valence-electron chi connectivity index (χ4n) is 3.20. The second kappa shape index (κ2) is 6.45. The number of hydrogen-bond donors (Lipinski definition) is 1. The Bertz CT molecular complexity index is 771. The van der Waals surface area contributed by atoms with Gasteiger partial charge in [-0.05, 0) is 5.56 Å². The summed E-state index contributed by atoms with van der Waals surface area (Å²) >= 11 is 0. The maximum absolute atomic E-state index is 4.59. The van der Waals surface area contributed by atoms with Crippen LogP contribution in [0.15, 0.2) is 42.7 Å². The van der Waals surface area contributed by atoms with Crippen molar-refractivity contribution in [1.82, 2.24) is 29.9 Å². The van der Waals surface area contributed by atoms with Gasteiger partial charge >= 0.3 is 0 Å². The number of aromatic nitrogens is 5. The molecule has 24 heavy (non-hydrogen) atoms. The Balaban J connectivity index is 1.41.